The Hall–Kier alpha value is -2.18. The van der Waals surface area contributed by atoms with E-state index in [9.17, 15) is 8.42 Å². The van der Waals surface area contributed by atoms with Crippen molar-refractivity contribution in [3.05, 3.63) is 59.9 Å². The van der Waals surface area contributed by atoms with Crippen molar-refractivity contribution < 1.29 is 8.42 Å². The van der Waals surface area contributed by atoms with Gasteiger partial charge >= 0.3 is 0 Å². The molecule has 1 N–H and O–H groups in total. The molecule has 0 aliphatic carbocycles. The summed E-state index contributed by atoms with van der Waals surface area (Å²) in [6.45, 7) is 0. The van der Waals surface area contributed by atoms with E-state index < -0.39 is 10.0 Å². The van der Waals surface area contributed by atoms with Crippen LogP contribution in [-0.4, -0.2) is 18.4 Å². The van der Waals surface area contributed by atoms with Crippen LogP contribution in [0.5, 0.6) is 0 Å². The largest absolute Gasteiger partial charge is 0.279 e. The van der Waals surface area contributed by atoms with E-state index in [1.165, 1.54) is 18.3 Å². The molecule has 0 aliphatic heterocycles. The Bertz CT molecular complexity index is 907. The van der Waals surface area contributed by atoms with Crippen molar-refractivity contribution in [2.75, 3.05) is 4.72 Å². The summed E-state index contributed by atoms with van der Waals surface area (Å²) in [6, 6.07) is 11.7. The van der Waals surface area contributed by atoms with Gasteiger partial charge in [-0.05, 0) is 24.3 Å². The fraction of sp³-hybridized carbons (Fsp3) is 0. The van der Waals surface area contributed by atoms with Crippen molar-refractivity contribution >= 4 is 38.2 Å². The van der Waals surface area contributed by atoms with Gasteiger partial charge < -0.3 is 0 Å². The zero-order valence-corrected chi connectivity index (χ0v) is 12.3. The van der Waals surface area contributed by atoms with Gasteiger partial charge in [0.1, 0.15) is 0 Å². The second kappa shape index (κ2) is 5.31. The number of hydrogen-bond acceptors (Lipinski definition) is 4. The van der Waals surface area contributed by atoms with Crippen LogP contribution in [0.15, 0.2) is 59.9 Å². The van der Waals surface area contributed by atoms with Gasteiger partial charge in [0.25, 0.3) is 10.0 Å². The highest BCUT2D eigenvalue weighted by molar-refractivity contribution is 7.92. The van der Waals surface area contributed by atoms with Gasteiger partial charge in [-0.3, -0.25) is 9.71 Å². The number of halogens is 1. The summed E-state index contributed by atoms with van der Waals surface area (Å²) in [6.07, 6.45) is 2.95. The SMILES string of the molecule is O=S(=O)(Nc1cccc2cccnc12)c1cc(Cl)ccn1. The molecular weight excluding hydrogens is 310 g/mol. The molecule has 0 aliphatic rings. The van der Waals surface area contributed by atoms with Crippen LogP contribution in [0.2, 0.25) is 5.02 Å². The molecule has 106 valence electrons. The number of benzene rings is 1. The number of nitrogens with zero attached hydrogens (tertiary/aromatic N) is 2. The number of fused-ring (bicyclic) bond motifs is 1. The minimum Gasteiger partial charge on any atom is -0.276 e. The molecule has 1 aromatic carbocycles. The first-order chi connectivity index (χ1) is 10.1. The molecule has 21 heavy (non-hydrogen) atoms. The lowest BCUT2D eigenvalue weighted by atomic mass is 10.2. The Morgan fingerprint density at radius 2 is 1.81 bits per heavy atom. The lowest BCUT2D eigenvalue weighted by Gasteiger charge is -2.09. The molecule has 0 fully saturated rings. The normalized spacial score (nSPS) is 11.5. The van der Waals surface area contributed by atoms with Gasteiger partial charge in [-0.1, -0.05) is 29.8 Å². The molecule has 2 heterocycles. The number of hydrogen-bond donors (Lipinski definition) is 1. The van der Waals surface area contributed by atoms with Gasteiger partial charge in [-0.2, -0.15) is 8.42 Å². The van der Waals surface area contributed by atoms with Gasteiger partial charge in [0, 0.05) is 22.8 Å². The van der Waals surface area contributed by atoms with E-state index in [-0.39, 0.29) is 5.03 Å². The average Bonchev–Trinajstić information content (AvgIpc) is 2.47. The lowest BCUT2D eigenvalue weighted by Crippen LogP contribution is -2.14. The van der Waals surface area contributed by atoms with Crippen LogP contribution in [0.25, 0.3) is 10.9 Å². The Morgan fingerprint density at radius 1 is 1.00 bits per heavy atom. The quantitative estimate of drug-likeness (QED) is 0.805. The van der Waals surface area contributed by atoms with Gasteiger partial charge in [-0.25, -0.2) is 4.98 Å². The van der Waals surface area contributed by atoms with Crippen LogP contribution >= 0.6 is 11.6 Å². The lowest BCUT2D eigenvalue weighted by molar-refractivity contribution is 0.597. The minimum atomic E-state index is -3.81. The maximum Gasteiger partial charge on any atom is 0.279 e. The van der Waals surface area contributed by atoms with Gasteiger partial charge in [0.2, 0.25) is 0 Å². The summed E-state index contributed by atoms with van der Waals surface area (Å²) in [5, 5.41) is 1.01. The summed E-state index contributed by atoms with van der Waals surface area (Å²) in [4.78, 5) is 8.04. The van der Waals surface area contributed by atoms with Crippen molar-refractivity contribution in [2.45, 2.75) is 5.03 Å². The van der Waals surface area contributed by atoms with E-state index >= 15 is 0 Å². The molecule has 0 radical (unpaired) electrons. The first-order valence-corrected chi connectivity index (χ1v) is 7.90. The van der Waals surface area contributed by atoms with Crippen LogP contribution in [0.1, 0.15) is 0 Å². The molecule has 0 saturated carbocycles. The van der Waals surface area contributed by atoms with Gasteiger partial charge in [0.05, 0.1) is 11.2 Å². The zero-order chi connectivity index (χ0) is 14.9. The second-order valence-electron chi connectivity index (χ2n) is 4.30. The summed E-state index contributed by atoms with van der Waals surface area (Å²) < 4.78 is 27.2. The number of anilines is 1. The van der Waals surface area contributed by atoms with Gasteiger partial charge in [-0.15, -0.1) is 0 Å². The second-order valence-corrected chi connectivity index (χ2v) is 6.36. The van der Waals surface area contributed by atoms with Crippen molar-refractivity contribution in [3.8, 4) is 0 Å². The monoisotopic (exact) mass is 319 g/mol. The molecule has 0 atom stereocenters. The number of pyridine rings is 2. The topological polar surface area (TPSA) is 72.0 Å². The summed E-state index contributed by atoms with van der Waals surface area (Å²) >= 11 is 5.80. The summed E-state index contributed by atoms with van der Waals surface area (Å²) in [7, 11) is -3.81. The van der Waals surface area contributed by atoms with Crippen molar-refractivity contribution in [1.29, 1.82) is 0 Å². The standard InChI is InChI=1S/C14H10ClN3O2S/c15-11-6-8-16-13(9-11)21(19,20)18-12-5-1-3-10-4-2-7-17-14(10)12/h1-9,18H. The van der Waals surface area contributed by atoms with E-state index in [0.717, 1.165) is 5.39 Å². The highest BCUT2D eigenvalue weighted by atomic mass is 35.5. The predicted octanol–water partition coefficient (Wildman–Crippen LogP) is 3.08. The highest BCUT2D eigenvalue weighted by Crippen LogP contribution is 2.23. The van der Waals surface area contributed by atoms with E-state index in [0.29, 0.717) is 16.2 Å². The molecular formula is C14H10ClN3O2S. The first kappa shape index (κ1) is 13.8. The summed E-state index contributed by atoms with van der Waals surface area (Å²) in [5.41, 5.74) is 0.973. The first-order valence-electron chi connectivity index (χ1n) is 6.04. The number of para-hydroxylation sites is 1. The summed E-state index contributed by atoms with van der Waals surface area (Å²) in [5.74, 6) is 0. The van der Waals surface area contributed by atoms with Gasteiger partial charge in [0.15, 0.2) is 5.03 Å². The van der Waals surface area contributed by atoms with E-state index in [2.05, 4.69) is 14.7 Å². The molecule has 0 amide bonds. The van der Waals surface area contributed by atoms with Crippen LogP contribution in [-0.2, 0) is 10.0 Å². The number of sulfonamides is 1. The molecule has 7 heteroatoms. The third kappa shape index (κ3) is 2.81. The third-order valence-corrected chi connectivity index (χ3v) is 4.35. The van der Waals surface area contributed by atoms with E-state index in [1.54, 1.807) is 24.4 Å². The number of rotatable bonds is 3. The fourth-order valence-corrected chi connectivity index (χ4v) is 3.18. The number of aromatic nitrogens is 2. The minimum absolute atomic E-state index is 0.136. The third-order valence-electron chi connectivity index (χ3n) is 2.85. The molecule has 3 aromatic rings. The highest BCUT2D eigenvalue weighted by Gasteiger charge is 2.17. The van der Waals surface area contributed by atoms with E-state index in [1.807, 2.05) is 12.1 Å². The van der Waals surface area contributed by atoms with Crippen molar-refractivity contribution in [2.24, 2.45) is 0 Å². The molecule has 0 bridgehead atoms. The molecule has 0 unspecified atom stereocenters. The maximum atomic E-state index is 12.3. The molecule has 0 spiro atoms. The Kier molecular flexibility index (Phi) is 3.48. The zero-order valence-electron chi connectivity index (χ0n) is 10.7. The Labute approximate surface area is 126 Å². The Balaban J connectivity index is 2.06. The van der Waals surface area contributed by atoms with Crippen LogP contribution in [0.3, 0.4) is 0 Å². The van der Waals surface area contributed by atoms with Crippen LogP contribution in [0, 0.1) is 0 Å². The van der Waals surface area contributed by atoms with Crippen LogP contribution < -0.4 is 4.72 Å². The molecule has 0 saturated heterocycles. The predicted molar refractivity (Wildman–Crippen MR) is 81.8 cm³/mol. The maximum absolute atomic E-state index is 12.3. The van der Waals surface area contributed by atoms with Crippen molar-refractivity contribution in [1.82, 2.24) is 9.97 Å². The molecule has 3 rings (SSSR count). The Morgan fingerprint density at radius 3 is 2.62 bits per heavy atom. The van der Waals surface area contributed by atoms with Crippen molar-refractivity contribution in [3.63, 3.8) is 0 Å². The van der Waals surface area contributed by atoms with E-state index in [4.69, 9.17) is 11.6 Å². The molecule has 2 aromatic heterocycles. The average molecular weight is 320 g/mol. The van der Waals surface area contributed by atoms with Crippen LogP contribution in [0.4, 0.5) is 5.69 Å². The number of nitrogens with one attached hydrogen (secondary N) is 1. The smallest absolute Gasteiger partial charge is 0.276 e. The molecule has 5 nitrogen and oxygen atoms in total. The fourth-order valence-electron chi connectivity index (χ4n) is 1.92.